The first-order valence-corrected chi connectivity index (χ1v) is 9.38. The number of ether oxygens (including phenoxy) is 3. The second-order valence-electron chi connectivity index (χ2n) is 7.13. The minimum absolute atomic E-state index is 0.0573. The van der Waals surface area contributed by atoms with Crippen molar-refractivity contribution in [3.05, 3.63) is 59.7 Å². The molecule has 0 bridgehead atoms. The van der Waals surface area contributed by atoms with Crippen molar-refractivity contribution in [2.75, 3.05) is 48.0 Å². The Labute approximate surface area is 166 Å². The molecule has 150 valence electrons. The molecule has 0 N–H and O–H groups in total. The summed E-state index contributed by atoms with van der Waals surface area (Å²) in [6, 6.07) is 15.2. The second-order valence-corrected chi connectivity index (χ2v) is 7.13. The van der Waals surface area contributed by atoms with Crippen molar-refractivity contribution < 1.29 is 19.0 Å². The lowest BCUT2D eigenvalue weighted by atomic mass is 9.96. The van der Waals surface area contributed by atoms with Gasteiger partial charge in [-0.05, 0) is 31.8 Å². The Bertz CT molecular complexity index is 772. The molecule has 2 aromatic carbocycles. The zero-order valence-electron chi connectivity index (χ0n) is 16.9. The van der Waals surface area contributed by atoms with Crippen LogP contribution >= 0.6 is 0 Å². The van der Waals surface area contributed by atoms with E-state index in [9.17, 15) is 4.79 Å². The number of carbonyl (C=O) groups excluding carboxylic acids is 1. The molecule has 6 heteroatoms. The van der Waals surface area contributed by atoms with Crippen LogP contribution in [0.2, 0.25) is 0 Å². The van der Waals surface area contributed by atoms with E-state index in [0.29, 0.717) is 30.2 Å². The van der Waals surface area contributed by atoms with Crippen molar-refractivity contribution in [2.45, 2.75) is 12.1 Å². The molecule has 6 nitrogen and oxygen atoms in total. The number of benzene rings is 2. The summed E-state index contributed by atoms with van der Waals surface area (Å²) in [6.07, 6.45) is -0.109. The molecule has 28 heavy (non-hydrogen) atoms. The second kappa shape index (κ2) is 9.08. The van der Waals surface area contributed by atoms with Crippen LogP contribution < -0.4 is 9.47 Å². The van der Waals surface area contributed by atoms with Crippen LogP contribution in [-0.2, 0) is 4.74 Å². The first-order chi connectivity index (χ1) is 13.5. The first kappa shape index (κ1) is 20.2. The molecule has 1 amide bonds. The lowest BCUT2D eigenvalue weighted by Crippen LogP contribution is -2.51. The smallest absolute Gasteiger partial charge is 0.254 e. The fourth-order valence-electron chi connectivity index (χ4n) is 3.62. The third-order valence-corrected chi connectivity index (χ3v) is 4.90. The van der Waals surface area contributed by atoms with Gasteiger partial charge >= 0.3 is 0 Å². The van der Waals surface area contributed by atoms with E-state index in [1.54, 1.807) is 32.4 Å². The van der Waals surface area contributed by atoms with Crippen LogP contribution in [0.1, 0.15) is 22.0 Å². The highest BCUT2D eigenvalue weighted by Crippen LogP contribution is 2.32. The van der Waals surface area contributed by atoms with E-state index in [-0.39, 0.29) is 18.1 Å². The fraction of sp³-hybridized carbons (Fsp3) is 0.409. The average molecular weight is 384 g/mol. The molecule has 1 heterocycles. The zero-order chi connectivity index (χ0) is 20.1. The van der Waals surface area contributed by atoms with Gasteiger partial charge in [0.25, 0.3) is 5.91 Å². The number of methoxy groups -OCH3 is 2. The first-order valence-electron chi connectivity index (χ1n) is 9.38. The van der Waals surface area contributed by atoms with Crippen molar-refractivity contribution in [3.8, 4) is 11.5 Å². The molecular formula is C22H28N2O4. The summed E-state index contributed by atoms with van der Waals surface area (Å²) >= 11 is 0. The molecule has 0 unspecified atom stereocenters. The molecule has 2 aromatic rings. The minimum atomic E-state index is -0.165. The van der Waals surface area contributed by atoms with E-state index in [4.69, 9.17) is 14.2 Å². The lowest BCUT2D eigenvalue weighted by Gasteiger charge is -2.42. The maximum Gasteiger partial charge on any atom is 0.254 e. The van der Waals surface area contributed by atoms with Gasteiger partial charge in [0.15, 0.2) is 0 Å². The van der Waals surface area contributed by atoms with E-state index in [0.717, 1.165) is 12.1 Å². The monoisotopic (exact) mass is 384 g/mol. The van der Waals surface area contributed by atoms with E-state index in [1.807, 2.05) is 37.2 Å². The van der Waals surface area contributed by atoms with Gasteiger partial charge in [0, 0.05) is 24.7 Å². The highest BCUT2D eigenvalue weighted by atomic mass is 16.5. The Morgan fingerprint density at radius 1 is 1.11 bits per heavy atom. The maximum atomic E-state index is 13.5. The number of hydrogen-bond acceptors (Lipinski definition) is 5. The molecule has 1 aliphatic heterocycles. The molecule has 0 spiro atoms. The molecular weight excluding hydrogens is 356 g/mol. The van der Waals surface area contributed by atoms with Gasteiger partial charge in [0.05, 0.1) is 33.0 Å². The van der Waals surface area contributed by atoms with Gasteiger partial charge in [0.2, 0.25) is 0 Å². The van der Waals surface area contributed by atoms with Gasteiger partial charge in [-0.25, -0.2) is 0 Å². The predicted molar refractivity (Wildman–Crippen MR) is 108 cm³/mol. The molecule has 0 saturated carbocycles. The summed E-state index contributed by atoms with van der Waals surface area (Å²) in [4.78, 5) is 17.5. The SMILES string of the molecule is COc1cc(OC)cc(C(=O)N2CCO[C@@H](CN(C)C)[C@@H]2c2ccccc2)c1. The zero-order valence-corrected chi connectivity index (χ0v) is 16.9. The van der Waals surface area contributed by atoms with E-state index in [1.165, 1.54) is 0 Å². The molecule has 3 rings (SSSR count). The summed E-state index contributed by atoms with van der Waals surface area (Å²) in [7, 11) is 7.19. The number of likely N-dealkylation sites (N-methyl/N-ethyl adjacent to an activating group) is 1. The minimum Gasteiger partial charge on any atom is -0.497 e. The van der Waals surface area contributed by atoms with Crippen LogP contribution in [0.25, 0.3) is 0 Å². The van der Waals surface area contributed by atoms with Gasteiger partial charge in [-0.2, -0.15) is 0 Å². The molecule has 1 aliphatic rings. The topological polar surface area (TPSA) is 51.2 Å². The standard InChI is InChI=1S/C22H28N2O4/c1-23(2)15-20-21(16-8-6-5-7-9-16)24(10-11-28-20)22(25)17-12-18(26-3)14-19(13-17)27-4/h5-9,12-14,20-21H,10-11,15H2,1-4H3/t20-,21-/m0/s1. The Kier molecular flexibility index (Phi) is 6.54. The highest BCUT2D eigenvalue weighted by Gasteiger charge is 2.37. The summed E-state index contributed by atoms with van der Waals surface area (Å²) in [5.41, 5.74) is 1.61. The summed E-state index contributed by atoms with van der Waals surface area (Å²) < 4.78 is 16.8. The molecule has 0 aromatic heterocycles. The van der Waals surface area contributed by atoms with Crippen LogP contribution in [0.4, 0.5) is 0 Å². The van der Waals surface area contributed by atoms with Crippen LogP contribution in [0, 0.1) is 0 Å². The third kappa shape index (κ3) is 4.46. The Balaban J connectivity index is 1.98. The largest absolute Gasteiger partial charge is 0.497 e. The van der Waals surface area contributed by atoms with Crippen molar-refractivity contribution in [3.63, 3.8) is 0 Å². The Morgan fingerprint density at radius 3 is 2.32 bits per heavy atom. The van der Waals surface area contributed by atoms with E-state index in [2.05, 4.69) is 17.0 Å². The van der Waals surface area contributed by atoms with E-state index >= 15 is 0 Å². The molecule has 1 saturated heterocycles. The van der Waals surface area contributed by atoms with Crippen LogP contribution in [-0.4, -0.2) is 69.8 Å². The van der Waals surface area contributed by atoms with E-state index < -0.39 is 0 Å². The molecule has 2 atom stereocenters. The number of carbonyl (C=O) groups is 1. The van der Waals surface area contributed by atoms with Gasteiger partial charge < -0.3 is 24.0 Å². The molecule has 0 radical (unpaired) electrons. The third-order valence-electron chi connectivity index (χ3n) is 4.90. The van der Waals surface area contributed by atoms with Crippen molar-refractivity contribution in [1.82, 2.24) is 9.80 Å². The fourth-order valence-corrected chi connectivity index (χ4v) is 3.62. The van der Waals surface area contributed by atoms with Gasteiger partial charge in [-0.3, -0.25) is 4.79 Å². The highest BCUT2D eigenvalue weighted by molar-refractivity contribution is 5.95. The van der Waals surface area contributed by atoms with Crippen LogP contribution in [0.15, 0.2) is 48.5 Å². The van der Waals surface area contributed by atoms with Crippen molar-refractivity contribution in [1.29, 1.82) is 0 Å². The number of amides is 1. The predicted octanol–water partition coefficient (Wildman–Crippen LogP) is 2.85. The summed E-state index contributed by atoms with van der Waals surface area (Å²) in [6.45, 7) is 1.77. The molecule has 1 fully saturated rings. The van der Waals surface area contributed by atoms with Crippen LogP contribution in [0.3, 0.4) is 0 Å². The lowest BCUT2D eigenvalue weighted by molar-refractivity contribution is -0.0684. The van der Waals surface area contributed by atoms with Gasteiger partial charge in [-0.1, -0.05) is 30.3 Å². The summed E-state index contributed by atoms with van der Waals surface area (Å²) in [5.74, 6) is 1.13. The average Bonchev–Trinajstić information content (AvgIpc) is 2.72. The quantitative estimate of drug-likeness (QED) is 0.767. The van der Waals surface area contributed by atoms with Crippen molar-refractivity contribution >= 4 is 5.91 Å². The van der Waals surface area contributed by atoms with Crippen LogP contribution in [0.5, 0.6) is 11.5 Å². The Hall–Kier alpha value is -2.57. The van der Waals surface area contributed by atoms with Gasteiger partial charge in [0.1, 0.15) is 11.5 Å². The van der Waals surface area contributed by atoms with Crippen molar-refractivity contribution in [2.24, 2.45) is 0 Å². The Morgan fingerprint density at radius 2 is 1.75 bits per heavy atom. The maximum absolute atomic E-state index is 13.5. The number of hydrogen-bond donors (Lipinski definition) is 0. The van der Waals surface area contributed by atoms with Gasteiger partial charge in [-0.15, -0.1) is 0 Å². The number of nitrogens with zero attached hydrogens (tertiary/aromatic N) is 2. The summed E-state index contributed by atoms with van der Waals surface area (Å²) in [5, 5.41) is 0. The number of rotatable bonds is 6. The molecule has 0 aliphatic carbocycles. The number of morpholine rings is 1. The normalized spacial score (nSPS) is 19.5.